The van der Waals surface area contributed by atoms with Crippen LogP contribution >= 0.6 is 0 Å². The van der Waals surface area contributed by atoms with Gasteiger partial charge in [0.2, 0.25) is 0 Å². The van der Waals surface area contributed by atoms with Crippen molar-refractivity contribution in [2.75, 3.05) is 0 Å². The lowest BCUT2D eigenvalue weighted by molar-refractivity contribution is 0.937. The highest BCUT2D eigenvalue weighted by Gasteiger charge is 2.10. The van der Waals surface area contributed by atoms with E-state index in [1.165, 1.54) is 5.56 Å². The summed E-state index contributed by atoms with van der Waals surface area (Å²) in [5.74, 6) is 0. The third-order valence-corrected chi connectivity index (χ3v) is 3.17. The fourth-order valence-corrected chi connectivity index (χ4v) is 2.10. The summed E-state index contributed by atoms with van der Waals surface area (Å²) in [5, 5.41) is 19.4. The Morgan fingerprint density at radius 3 is 2.45 bits per heavy atom. The van der Waals surface area contributed by atoms with Gasteiger partial charge in [-0.3, -0.25) is 0 Å². The molecule has 0 radical (unpaired) electrons. The second-order valence-electron chi connectivity index (χ2n) is 4.58. The number of hydrogen-bond donors (Lipinski definition) is 1. The topological polar surface area (TPSA) is 65.4 Å². The van der Waals surface area contributed by atoms with Crippen LogP contribution < -0.4 is 0 Å². The molecule has 0 bridgehead atoms. The van der Waals surface area contributed by atoms with Crippen molar-refractivity contribution >= 4 is 0 Å². The molecule has 1 aromatic heterocycles. The number of aromatic nitrogens is 3. The number of nitrogens with zero attached hydrogens (tertiary/aromatic N) is 3. The van der Waals surface area contributed by atoms with E-state index in [9.17, 15) is 0 Å². The van der Waals surface area contributed by atoms with Crippen LogP contribution in [0.3, 0.4) is 0 Å². The van der Waals surface area contributed by atoms with E-state index in [4.69, 9.17) is 5.26 Å². The lowest BCUT2D eigenvalue weighted by Gasteiger charge is -2.04. The van der Waals surface area contributed by atoms with Crippen molar-refractivity contribution in [1.29, 1.82) is 5.26 Å². The van der Waals surface area contributed by atoms with Gasteiger partial charge in [-0.05, 0) is 24.1 Å². The molecule has 0 fully saturated rings. The molecule has 20 heavy (non-hydrogen) atoms. The summed E-state index contributed by atoms with van der Waals surface area (Å²) in [7, 11) is 0. The lowest BCUT2D eigenvalue weighted by atomic mass is 10.0. The molecule has 0 amide bonds. The summed E-state index contributed by atoms with van der Waals surface area (Å²) in [6, 6.07) is 18.3. The van der Waals surface area contributed by atoms with Crippen LogP contribution in [0.2, 0.25) is 0 Å². The summed E-state index contributed by atoms with van der Waals surface area (Å²) in [6.07, 6.45) is 0. The fraction of sp³-hybridized carbons (Fsp3) is 0.0625. The molecule has 0 saturated carbocycles. The molecule has 96 valence electrons. The first-order valence-electron chi connectivity index (χ1n) is 6.26. The smallest absolute Gasteiger partial charge is 0.190 e. The highest BCUT2D eigenvalue weighted by Crippen LogP contribution is 2.26. The molecular weight excluding hydrogens is 248 g/mol. The van der Waals surface area contributed by atoms with Gasteiger partial charge in [-0.25, -0.2) is 0 Å². The Bertz CT molecular complexity index is 779. The van der Waals surface area contributed by atoms with Crippen LogP contribution in [0.5, 0.6) is 0 Å². The van der Waals surface area contributed by atoms with Crippen molar-refractivity contribution in [2.45, 2.75) is 6.92 Å². The molecule has 3 aromatic rings. The second kappa shape index (κ2) is 4.98. The molecule has 0 spiro atoms. The zero-order valence-corrected chi connectivity index (χ0v) is 11.0. The van der Waals surface area contributed by atoms with Crippen LogP contribution in [0, 0.1) is 18.3 Å². The Morgan fingerprint density at radius 1 is 0.950 bits per heavy atom. The molecule has 0 aliphatic carbocycles. The van der Waals surface area contributed by atoms with Crippen LogP contribution in [-0.2, 0) is 0 Å². The summed E-state index contributed by atoms with van der Waals surface area (Å²) in [6.45, 7) is 2.06. The van der Waals surface area contributed by atoms with Gasteiger partial charge >= 0.3 is 0 Å². The standard InChI is InChI=1S/C16H12N4/c1-11-5-7-12(8-6-11)13-3-2-4-14(9-13)16-15(10-17)18-20-19-16/h2-9H,1H3,(H,18,19,20). The third-order valence-electron chi connectivity index (χ3n) is 3.17. The van der Waals surface area contributed by atoms with Crippen LogP contribution in [0.25, 0.3) is 22.4 Å². The molecule has 0 aliphatic heterocycles. The van der Waals surface area contributed by atoms with Gasteiger partial charge in [0, 0.05) is 5.56 Å². The minimum Gasteiger partial charge on any atom is -0.196 e. The SMILES string of the molecule is Cc1ccc(-c2cccc(-c3n[nH]nc3C#N)c2)cc1. The molecule has 0 saturated heterocycles. The van der Waals surface area contributed by atoms with Gasteiger partial charge in [0.1, 0.15) is 11.8 Å². The number of nitriles is 1. The van der Waals surface area contributed by atoms with Crippen LogP contribution in [0.4, 0.5) is 0 Å². The summed E-state index contributed by atoms with van der Waals surface area (Å²) in [5.41, 5.74) is 5.24. The van der Waals surface area contributed by atoms with Gasteiger partial charge in [-0.2, -0.15) is 15.6 Å². The summed E-state index contributed by atoms with van der Waals surface area (Å²) in [4.78, 5) is 0. The molecule has 4 nitrogen and oxygen atoms in total. The van der Waals surface area contributed by atoms with Crippen molar-refractivity contribution < 1.29 is 0 Å². The van der Waals surface area contributed by atoms with Gasteiger partial charge in [0.05, 0.1) is 0 Å². The number of nitrogens with one attached hydrogen (secondary N) is 1. The van der Waals surface area contributed by atoms with Crippen LogP contribution in [0.1, 0.15) is 11.3 Å². The molecule has 0 unspecified atom stereocenters. The molecule has 0 atom stereocenters. The molecule has 2 aromatic carbocycles. The fourth-order valence-electron chi connectivity index (χ4n) is 2.10. The number of rotatable bonds is 2. The van der Waals surface area contributed by atoms with E-state index < -0.39 is 0 Å². The average Bonchev–Trinajstić information content (AvgIpc) is 2.96. The zero-order valence-electron chi connectivity index (χ0n) is 11.0. The molecule has 3 rings (SSSR count). The Kier molecular flexibility index (Phi) is 3.02. The number of H-pyrrole nitrogens is 1. The van der Waals surface area contributed by atoms with Crippen molar-refractivity contribution in [3.63, 3.8) is 0 Å². The van der Waals surface area contributed by atoms with Crippen molar-refractivity contribution in [3.8, 4) is 28.5 Å². The van der Waals surface area contributed by atoms with E-state index in [0.717, 1.165) is 16.7 Å². The van der Waals surface area contributed by atoms with E-state index in [0.29, 0.717) is 11.4 Å². The summed E-state index contributed by atoms with van der Waals surface area (Å²) < 4.78 is 0. The normalized spacial score (nSPS) is 10.2. The van der Waals surface area contributed by atoms with Crippen molar-refractivity contribution in [2.24, 2.45) is 0 Å². The number of aryl methyl sites for hydroxylation is 1. The first-order valence-corrected chi connectivity index (χ1v) is 6.26. The lowest BCUT2D eigenvalue weighted by Crippen LogP contribution is -1.85. The first-order chi connectivity index (χ1) is 9.78. The highest BCUT2D eigenvalue weighted by atomic mass is 15.3. The molecule has 4 heteroatoms. The van der Waals surface area contributed by atoms with Gasteiger partial charge in [-0.1, -0.05) is 48.0 Å². The number of aromatic amines is 1. The minimum absolute atomic E-state index is 0.311. The molecule has 0 aliphatic rings. The van der Waals surface area contributed by atoms with E-state index >= 15 is 0 Å². The monoisotopic (exact) mass is 260 g/mol. The quantitative estimate of drug-likeness (QED) is 0.768. The maximum absolute atomic E-state index is 9.01. The van der Waals surface area contributed by atoms with E-state index in [2.05, 4.69) is 46.6 Å². The van der Waals surface area contributed by atoms with Gasteiger partial charge in [0.15, 0.2) is 5.69 Å². The Labute approximate surface area is 116 Å². The molecular formula is C16H12N4. The van der Waals surface area contributed by atoms with E-state index in [1.54, 1.807) is 0 Å². The first kappa shape index (κ1) is 12.1. The van der Waals surface area contributed by atoms with E-state index in [1.807, 2.05) is 30.3 Å². The number of hydrogen-bond acceptors (Lipinski definition) is 3. The average molecular weight is 260 g/mol. The van der Waals surface area contributed by atoms with Crippen molar-refractivity contribution in [1.82, 2.24) is 15.4 Å². The molecule has 1 N–H and O–H groups in total. The summed E-state index contributed by atoms with van der Waals surface area (Å²) >= 11 is 0. The maximum atomic E-state index is 9.01. The van der Waals surface area contributed by atoms with Crippen LogP contribution in [0.15, 0.2) is 48.5 Å². The predicted molar refractivity (Wildman–Crippen MR) is 76.7 cm³/mol. The Balaban J connectivity index is 2.06. The van der Waals surface area contributed by atoms with Gasteiger partial charge in [-0.15, -0.1) is 5.10 Å². The third kappa shape index (κ3) is 2.17. The highest BCUT2D eigenvalue weighted by molar-refractivity contribution is 5.73. The van der Waals surface area contributed by atoms with Gasteiger partial charge in [0.25, 0.3) is 0 Å². The Hall–Kier alpha value is -2.93. The maximum Gasteiger partial charge on any atom is 0.190 e. The largest absolute Gasteiger partial charge is 0.196 e. The Morgan fingerprint density at radius 2 is 1.70 bits per heavy atom. The van der Waals surface area contributed by atoms with Crippen LogP contribution in [-0.4, -0.2) is 15.4 Å². The number of benzene rings is 2. The minimum atomic E-state index is 0.311. The van der Waals surface area contributed by atoms with Gasteiger partial charge < -0.3 is 0 Å². The van der Waals surface area contributed by atoms with E-state index in [-0.39, 0.29) is 0 Å². The second-order valence-corrected chi connectivity index (χ2v) is 4.58. The predicted octanol–water partition coefficient (Wildman–Crippen LogP) is 3.32. The van der Waals surface area contributed by atoms with Crippen molar-refractivity contribution in [3.05, 3.63) is 59.8 Å². The zero-order chi connectivity index (χ0) is 13.9. The molecule has 1 heterocycles.